The normalized spacial score (nSPS) is 11.9. The number of allylic oxidation sites excluding steroid dienone is 4. The van der Waals surface area contributed by atoms with E-state index in [0.29, 0.717) is 12.8 Å². The predicted octanol–water partition coefficient (Wildman–Crippen LogP) is 12.5. The summed E-state index contributed by atoms with van der Waals surface area (Å²) in [6.45, 7) is 4.43. The highest BCUT2D eigenvalue weighted by atomic mass is 32.2. The molecule has 7 nitrogen and oxygen atoms in total. The highest BCUT2D eigenvalue weighted by Gasteiger charge is 2.28. The van der Waals surface area contributed by atoms with E-state index in [1.807, 2.05) is 0 Å². The van der Waals surface area contributed by atoms with E-state index in [2.05, 4.69) is 38.2 Å². The summed E-state index contributed by atoms with van der Waals surface area (Å²) >= 11 is 0. The molecule has 0 fully saturated rings. The molecule has 0 radical (unpaired) electrons. The van der Waals surface area contributed by atoms with Crippen molar-refractivity contribution in [1.82, 2.24) is 0 Å². The molecule has 0 heterocycles. The van der Waals surface area contributed by atoms with Crippen molar-refractivity contribution in [2.24, 2.45) is 0 Å². The van der Waals surface area contributed by atoms with Crippen LogP contribution in [0, 0.1) is 0 Å². The van der Waals surface area contributed by atoms with Gasteiger partial charge in [0.2, 0.25) is 0 Å². The van der Waals surface area contributed by atoms with Crippen LogP contribution in [0.5, 0.6) is 0 Å². The van der Waals surface area contributed by atoms with Crippen LogP contribution in [0.2, 0.25) is 0 Å². The van der Waals surface area contributed by atoms with Gasteiger partial charge < -0.3 is 9.47 Å². The van der Waals surface area contributed by atoms with Gasteiger partial charge in [0.05, 0.1) is 24.3 Å². The summed E-state index contributed by atoms with van der Waals surface area (Å²) < 4.78 is 44.7. The van der Waals surface area contributed by atoms with Crippen molar-refractivity contribution in [3.63, 3.8) is 0 Å². The van der Waals surface area contributed by atoms with Crippen molar-refractivity contribution < 1.29 is 32.0 Å². The van der Waals surface area contributed by atoms with E-state index in [0.717, 1.165) is 44.6 Å². The molecule has 0 saturated heterocycles. The molecule has 0 atom stereocenters. The lowest BCUT2D eigenvalue weighted by molar-refractivity contribution is 0.0446. The maximum atomic E-state index is 13.0. The fourth-order valence-corrected chi connectivity index (χ4v) is 6.91. The highest BCUT2D eigenvalue weighted by Crippen LogP contribution is 2.23. The van der Waals surface area contributed by atoms with Gasteiger partial charge in [-0.15, -0.1) is 0 Å². The Labute approximate surface area is 305 Å². The molecule has 286 valence electrons. The molecule has 50 heavy (non-hydrogen) atoms. The Balaban J connectivity index is 2.27. The van der Waals surface area contributed by atoms with Gasteiger partial charge in [-0.05, 0) is 64.5 Å². The van der Waals surface area contributed by atoms with Crippen LogP contribution in [0.25, 0.3) is 0 Å². The SMILES string of the molecule is C/C=C/CCCCCCCCCCCCCCOC(=O)c1cccc(S(=O)(=O)O)c1C(=O)OCCCCCCCCCCCCCC/C=C/C. The van der Waals surface area contributed by atoms with Gasteiger partial charge in [0.25, 0.3) is 10.1 Å². The fraction of sp³-hybridized carbons (Fsp3) is 0.714. The minimum absolute atomic E-state index is 0.109. The number of hydrogen-bond donors (Lipinski definition) is 1. The quantitative estimate of drug-likeness (QED) is 0.0333. The van der Waals surface area contributed by atoms with E-state index < -0.39 is 32.5 Å². The maximum absolute atomic E-state index is 13.0. The average Bonchev–Trinajstić information content (AvgIpc) is 3.10. The van der Waals surface area contributed by atoms with Gasteiger partial charge in [0.1, 0.15) is 4.90 Å². The van der Waals surface area contributed by atoms with Gasteiger partial charge in [-0.25, -0.2) is 9.59 Å². The summed E-state index contributed by atoms with van der Waals surface area (Å²) in [5, 5.41) is 0. The molecular weight excluding hydrogens is 649 g/mol. The average molecular weight is 719 g/mol. The van der Waals surface area contributed by atoms with E-state index in [1.165, 1.54) is 128 Å². The van der Waals surface area contributed by atoms with Gasteiger partial charge in [-0.1, -0.05) is 159 Å². The zero-order valence-electron chi connectivity index (χ0n) is 31.6. The smallest absolute Gasteiger partial charge is 0.340 e. The fourth-order valence-electron chi connectivity index (χ4n) is 6.20. The summed E-state index contributed by atoms with van der Waals surface area (Å²) in [5.41, 5.74) is -0.678. The van der Waals surface area contributed by atoms with E-state index >= 15 is 0 Å². The Bertz CT molecular complexity index is 1170. The van der Waals surface area contributed by atoms with Gasteiger partial charge in [0.15, 0.2) is 0 Å². The Morgan fingerprint density at radius 2 is 0.880 bits per heavy atom. The number of hydrogen-bond acceptors (Lipinski definition) is 6. The number of carbonyl (C=O) groups is 2. The first-order valence-electron chi connectivity index (χ1n) is 20.0. The highest BCUT2D eigenvalue weighted by molar-refractivity contribution is 7.86. The third kappa shape index (κ3) is 23.9. The molecule has 1 aromatic carbocycles. The van der Waals surface area contributed by atoms with Gasteiger partial charge in [-0.3, -0.25) is 4.55 Å². The molecule has 0 aliphatic rings. The molecule has 0 saturated carbocycles. The third-order valence-corrected chi connectivity index (χ3v) is 10.1. The minimum atomic E-state index is -4.76. The van der Waals surface area contributed by atoms with Crippen LogP contribution in [-0.2, 0) is 19.6 Å². The van der Waals surface area contributed by atoms with Crippen molar-refractivity contribution in [2.75, 3.05) is 13.2 Å². The van der Waals surface area contributed by atoms with Crippen molar-refractivity contribution in [3.8, 4) is 0 Å². The zero-order valence-corrected chi connectivity index (χ0v) is 32.5. The number of esters is 2. The molecule has 1 rings (SSSR count). The van der Waals surface area contributed by atoms with E-state index in [9.17, 15) is 22.6 Å². The zero-order chi connectivity index (χ0) is 36.5. The lowest BCUT2D eigenvalue weighted by Crippen LogP contribution is -2.19. The standard InChI is InChI=1S/C42H70O7S/c1-3-5-7-9-11-13-15-17-19-21-23-25-27-29-31-36-48-41(43)38-34-33-35-39(50(45,46)47)40(38)42(44)49-37-32-30-28-26-24-22-20-18-16-14-12-10-8-6-4-2/h3-6,33-35H,7-32,36-37H2,1-2H3,(H,45,46,47)/b5-3+,6-4+. The van der Waals surface area contributed by atoms with Crippen LogP contribution < -0.4 is 0 Å². The van der Waals surface area contributed by atoms with Crippen LogP contribution in [0.4, 0.5) is 0 Å². The summed E-state index contributed by atoms with van der Waals surface area (Å²) in [6, 6.07) is 3.75. The Hall–Kier alpha value is -2.45. The molecule has 0 amide bonds. The number of benzene rings is 1. The van der Waals surface area contributed by atoms with Crippen LogP contribution in [0.1, 0.15) is 202 Å². The summed E-state index contributed by atoms with van der Waals surface area (Å²) in [4.78, 5) is 25.3. The lowest BCUT2D eigenvalue weighted by Gasteiger charge is -2.13. The maximum Gasteiger partial charge on any atom is 0.340 e. The molecule has 0 aliphatic carbocycles. The first-order valence-corrected chi connectivity index (χ1v) is 21.4. The van der Waals surface area contributed by atoms with E-state index in [-0.39, 0.29) is 18.8 Å². The Kier molecular flexibility index (Phi) is 28.5. The molecule has 0 bridgehead atoms. The molecule has 8 heteroatoms. The Morgan fingerprint density at radius 3 is 1.24 bits per heavy atom. The number of unbranched alkanes of at least 4 members (excludes halogenated alkanes) is 24. The number of carbonyl (C=O) groups excluding carboxylic acids is 2. The van der Waals surface area contributed by atoms with Crippen LogP contribution >= 0.6 is 0 Å². The second-order valence-electron chi connectivity index (χ2n) is 13.6. The van der Waals surface area contributed by atoms with Crippen molar-refractivity contribution >= 4 is 22.1 Å². The second kappa shape index (κ2) is 31.3. The van der Waals surface area contributed by atoms with Crippen LogP contribution in [0.3, 0.4) is 0 Å². The molecule has 1 aromatic rings. The largest absolute Gasteiger partial charge is 0.462 e. The summed E-state index contributed by atoms with van der Waals surface area (Å²) in [7, 11) is -4.76. The van der Waals surface area contributed by atoms with Crippen molar-refractivity contribution in [3.05, 3.63) is 53.6 Å². The molecule has 0 aliphatic heterocycles. The topological polar surface area (TPSA) is 107 Å². The second-order valence-corrected chi connectivity index (χ2v) is 15.0. The molecule has 1 N–H and O–H groups in total. The predicted molar refractivity (Wildman–Crippen MR) is 206 cm³/mol. The van der Waals surface area contributed by atoms with Crippen LogP contribution in [0.15, 0.2) is 47.4 Å². The summed E-state index contributed by atoms with van der Waals surface area (Å²) in [6.07, 6.45) is 39.3. The summed E-state index contributed by atoms with van der Waals surface area (Å²) in [5.74, 6) is -1.75. The first kappa shape index (κ1) is 45.6. The minimum Gasteiger partial charge on any atom is -0.462 e. The van der Waals surface area contributed by atoms with E-state index in [1.54, 1.807) is 0 Å². The van der Waals surface area contributed by atoms with E-state index in [4.69, 9.17) is 9.47 Å². The van der Waals surface area contributed by atoms with Crippen molar-refractivity contribution in [1.29, 1.82) is 0 Å². The molecule has 0 aromatic heterocycles. The van der Waals surface area contributed by atoms with Gasteiger partial charge in [0, 0.05) is 0 Å². The molecule has 0 spiro atoms. The monoisotopic (exact) mass is 718 g/mol. The lowest BCUT2D eigenvalue weighted by atomic mass is 10.0. The van der Waals surface area contributed by atoms with Gasteiger partial charge >= 0.3 is 11.9 Å². The third-order valence-electron chi connectivity index (χ3n) is 9.20. The Morgan fingerprint density at radius 1 is 0.540 bits per heavy atom. The van der Waals surface area contributed by atoms with Crippen molar-refractivity contribution in [2.45, 2.75) is 186 Å². The van der Waals surface area contributed by atoms with Gasteiger partial charge in [-0.2, -0.15) is 8.42 Å². The number of rotatable bonds is 33. The molecule has 0 unspecified atom stereocenters. The molecular formula is C42H70O7S. The first-order chi connectivity index (χ1) is 24.3. The van der Waals surface area contributed by atoms with Crippen LogP contribution in [-0.4, -0.2) is 38.1 Å². The number of ether oxygens (including phenoxy) is 2.